The van der Waals surface area contributed by atoms with E-state index in [9.17, 15) is 26.4 Å². The Balaban J connectivity index is 1.71. The zero-order valence-electron chi connectivity index (χ0n) is 16.4. The van der Waals surface area contributed by atoms with Crippen molar-refractivity contribution in [1.82, 2.24) is 4.98 Å². The molecule has 0 radical (unpaired) electrons. The Morgan fingerprint density at radius 1 is 1.22 bits per heavy atom. The van der Waals surface area contributed by atoms with Crippen LogP contribution in [0.4, 0.5) is 18.9 Å². The summed E-state index contributed by atoms with van der Waals surface area (Å²) >= 11 is 6.11. The fraction of sp³-hybridized carbons (Fsp3) is 0.200. The molecule has 0 aliphatic rings. The monoisotopic (exact) mass is 488 g/mol. The summed E-state index contributed by atoms with van der Waals surface area (Å²) in [6, 6.07) is 9.44. The number of carbonyl (C=O) groups excluding carboxylic acids is 1. The molecule has 1 N–H and O–H groups in total. The Morgan fingerprint density at radius 2 is 1.94 bits per heavy atom. The maximum Gasteiger partial charge on any atom is 0.501 e. The molecular weight excluding hydrogens is 473 g/mol. The Labute approximate surface area is 186 Å². The first-order chi connectivity index (χ1) is 15.0. The number of methoxy groups -OCH3 is 1. The lowest BCUT2D eigenvalue weighted by Crippen LogP contribution is -2.23. The van der Waals surface area contributed by atoms with Crippen molar-refractivity contribution in [2.24, 2.45) is 0 Å². The quantitative estimate of drug-likeness (QED) is 0.509. The predicted octanol–water partition coefficient (Wildman–Crippen LogP) is 4.87. The molecule has 0 aliphatic heterocycles. The summed E-state index contributed by atoms with van der Waals surface area (Å²) in [5.41, 5.74) is -5.07. The highest BCUT2D eigenvalue weighted by molar-refractivity contribution is 7.92. The number of hydrogen-bond acceptors (Lipinski definition) is 6. The summed E-state index contributed by atoms with van der Waals surface area (Å²) < 4.78 is 72.3. The van der Waals surface area contributed by atoms with Gasteiger partial charge >= 0.3 is 5.51 Å². The molecule has 0 saturated carbocycles. The largest absolute Gasteiger partial charge is 0.501 e. The predicted molar refractivity (Wildman–Crippen MR) is 110 cm³/mol. The van der Waals surface area contributed by atoms with E-state index in [-0.39, 0.29) is 30.2 Å². The second-order valence-corrected chi connectivity index (χ2v) is 8.81. The van der Waals surface area contributed by atoms with Crippen LogP contribution in [0.2, 0.25) is 5.02 Å². The normalized spacial score (nSPS) is 11.9. The lowest BCUT2D eigenvalue weighted by Gasteiger charge is -2.13. The number of amides is 1. The van der Waals surface area contributed by atoms with Gasteiger partial charge in [-0.2, -0.15) is 13.2 Å². The number of anilines is 1. The summed E-state index contributed by atoms with van der Waals surface area (Å²) in [4.78, 5) is 15.4. The van der Waals surface area contributed by atoms with Crippen LogP contribution in [0.5, 0.6) is 5.75 Å². The van der Waals surface area contributed by atoms with Gasteiger partial charge in [-0.15, -0.1) is 0 Å². The van der Waals surface area contributed by atoms with Crippen molar-refractivity contribution in [3.05, 3.63) is 59.6 Å². The van der Waals surface area contributed by atoms with Gasteiger partial charge in [0.15, 0.2) is 11.7 Å². The van der Waals surface area contributed by atoms with Crippen LogP contribution >= 0.6 is 11.6 Å². The molecule has 0 saturated heterocycles. The van der Waals surface area contributed by atoms with Gasteiger partial charge in [0.2, 0.25) is 5.91 Å². The van der Waals surface area contributed by atoms with Crippen LogP contribution in [0, 0.1) is 0 Å². The average Bonchev–Trinajstić information content (AvgIpc) is 3.20. The van der Waals surface area contributed by atoms with E-state index in [0.717, 1.165) is 12.1 Å². The molecule has 1 amide bonds. The number of rotatable bonds is 7. The number of aromatic nitrogens is 1. The molecular formula is C20H16ClF3N2O5S. The number of alkyl halides is 3. The summed E-state index contributed by atoms with van der Waals surface area (Å²) in [7, 11) is -4.36. The molecule has 32 heavy (non-hydrogen) atoms. The minimum atomic E-state index is -5.58. The number of nitrogens with one attached hydrogen (secondary N) is 1. The average molecular weight is 489 g/mol. The van der Waals surface area contributed by atoms with Crippen molar-refractivity contribution in [3.8, 4) is 17.1 Å². The van der Waals surface area contributed by atoms with Gasteiger partial charge in [-0.25, -0.2) is 13.4 Å². The lowest BCUT2D eigenvalue weighted by atomic mass is 10.2. The first kappa shape index (κ1) is 23.6. The van der Waals surface area contributed by atoms with Gasteiger partial charge in [0.25, 0.3) is 9.84 Å². The van der Waals surface area contributed by atoms with E-state index in [4.69, 9.17) is 20.8 Å². The molecule has 170 valence electrons. The maximum absolute atomic E-state index is 12.8. The first-order valence-electron chi connectivity index (χ1n) is 9.02. The number of carbonyl (C=O) groups is 1. The third kappa shape index (κ3) is 5.05. The van der Waals surface area contributed by atoms with Crippen molar-refractivity contribution >= 4 is 33.0 Å². The van der Waals surface area contributed by atoms with Gasteiger partial charge in [-0.05, 0) is 30.3 Å². The Kier molecular flexibility index (Phi) is 6.79. The topological polar surface area (TPSA) is 98.5 Å². The number of ether oxygens (including phenoxy) is 1. The molecule has 0 atom stereocenters. The molecule has 0 aliphatic carbocycles. The maximum atomic E-state index is 12.8. The van der Waals surface area contributed by atoms with Crippen LogP contribution in [-0.4, -0.2) is 31.9 Å². The first-order valence-corrected chi connectivity index (χ1v) is 10.9. The summed E-state index contributed by atoms with van der Waals surface area (Å²) in [5, 5.41) is 2.82. The van der Waals surface area contributed by atoms with Gasteiger partial charge in [0, 0.05) is 18.4 Å². The van der Waals surface area contributed by atoms with Crippen LogP contribution in [0.3, 0.4) is 0 Å². The van der Waals surface area contributed by atoms with Crippen molar-refractivity contribution in [2.45, 2.75) is 23.2 Å². The molecule has 3 aromatic rings. The highest BCUT2D eigenvalue weighted by Crippen LogP contribution is 2.35. The number of hydrogen-bond donors (Lipinski definition) is 1. The number of nitrogens with zero attached hydrogens (tertiary/aromatic N) is 1. The number of oxazole rings is 1. The SMILES string of the molecule is COc1ccc(S(=O)(=O)C(F)(F)F)cc1NC(=O)CCc1ncc(-c2ccccc2Cl)o1. The van der Waals surface area contributed by atoms with E-state index in [0.29, 0.717) is 22.4 Å². The van der Waals surface area contributed by atoms with E-state index in [2.05, 4.69) is 10.3 Å². The van der Waals surface area contributed by atoms with Crippen LogP contribution in [0.25, 0.3) is 11.3 Å². The van der Waals surface area contributed by atoms with Crippen molar-refractivity contribution < 1.29 is 35.5 Å². The second kappa shape index (κ2) is 9.21. The van der Waals surface area contributed by atoms with E-state index >= 15 is 0 Å². The second-order valence-electron chi connectivity index (χ2n) is 6.46. The van der Waals surface area contributed by atoms with Crippen LogP contribution in [0.15, 0.2) is 58.0 Å². The van der Waals surface area contributed by atoms with E-state index in [1.807, 2.05) is 0 Å². The summed E-state index contributed by atoms with van der Waals surface area (Å²) in [5.74, 6) is 0.0483. The minimum absolute atomic E-state index is 0.00314. The molecule has 7 nitrogen and oxygen atoms in total. The molecule has 0 spiro atoms. The fourth-order valence-electron chi connectivity index (χ4n) is 2.73. The Morgan fingerprint density at radius 3 is 2.59 bits per heavy atom. The molecule has 12 heteroatoms. The van der Waals surface area contributed by atoms with Gasteiger partial charge < -0.3 is 14.5 Å². The summed E-state index contributed by atoms with van der Waals surface area (Å²) in [6.07, 6.45) is 1.41. The Bertz CT molecular complexity index is 1240. The van der Waals surface area contributed by atoms with Crippen molar-refractivity contribution in [1.29, 1.82) is 0 Å². The number of halogens is 4. The molecule has 1 heterocycles. The smallest absolute Gasteiger partial charge is 0.495 e. The van der Waals surface area contributed by atoms with Crippen LogP contribution in [0.1, 0.15) is 12.3 Å². The zero-order chi connectivity index (χ0) is 23.5. The van der Waals surface area contributed by atoms with Gasteiger partial charge in [0.05, 0.1) is 28.9 Å². The highest BCUT2D eigenvalue weighted by Gasteiger charge is 2.47. The number of benzene rings is 2. The van der Waals surface area contributed by atoms with Crippen molar-refractivity contribution in [2.75, 3.05) is 12.4 Å². The lowest BCUT2D eigenvalue weighted by molar-refractivity contribution is -0.116. The summed E-state index contributed by atoms with van der Waals surface area (Å²) in [6.45, 7) is 0. The van der Waals surface area contributed by atoms with Crippen molar-refractivity contribution in [3.63, 3.8) is 0 Å². The molecule has 1 aromatic heterocycles. The third-order valence-corrected chi connectivity index (χ3v) is 6.13. The molecule has 0 bridgehead atoms. The van der Waals surface area contributed by atoms with E-state index < -0.39 is 26.1 Å². The zero-order valence-corrected chi connectivity index (χ0v) is 18.0. The van der Waals surface area contributed by atoms with E-state index in [1.54, 1.807) is 24.3 Å². The highest BCUT2D eigenvalue weighted by atomic mass is 35.5. The minimum Gasteiger partial charge on any atom is -0.495 e. The third-order valence-electron chi connectivity index (χ3n) is 4.32. The van der Waals surface area contributed by atoms with Gasteiger partial charge in [0.1, 0.15) is 5.75 Å². The molecule has 0 unspecified atom stereocenters. The van der Waals surface area contributed by atoms with Crippen LogP contribution in [-0.2, 0) is 21.1 Å². The number of aryl methyl sites for hydroxylation is 1. The molecule has 3 rings (SSSR count). The number of sulfone groups is 1. The molecule has 0 fully saturated rings. The fourth-order valence-corrected chi connectivity index (χ4v) is 3.75. The van der Waals surface area contributed by atoms with Crippen LogP contribution < -0.4 is 10.1 Å². The van der Waals surface area contributed by atoms with Gasteiger partial charge in [-0.3, -0.25) is 4.79 Å². The van der Waals surface area contributed by atoms with Gasteiger partial charge in [-0.1, -0.05) is 23.7 Å². The van der Waals surface area contributed by atoms with E-state index in [1.165, 1.54) is 13.3 Å². The molecule has 2 aromatic carbocycles. The Hall–Kier alpha value is -3.05. The standard InChI is InChI=1S/C20H16ClF3N2O5S/c1-30-16-7-6-12(32(28,29)20(22,23)24)10-15(16)26-18(27)8-9-19-25-11-17(31-19)13-4-2-3-5-14(13)21/h2-7,10-11H,8-9H2,1H3,(H,26,27).